The summed E-state index contributed by atoms with van der Waals surface area (Å²) >= 11 is 2.67. The molecule has 0 radical (unpaired) electrons. The van der Waals surface area contributed by atoms with Crippen LogP contribution in [-0.2, 0) is 9.59 Å². The third kappa shape index (κ3) is 13.7. The van der Waals surface area contributed by atoms with E-state index in [9.17, 15) is 19.7 Å². The molecule has 0 atom stereocenters. The quantitative estimate of drug-likeness (QED) is 0.0776. The van der Waals surface area contributed by atoms with Crippen LogP contribution < -0.4 is 4.74 Å². The number of aliphatic carboxylic acids is 2. The fourth-order valence-corrected chi connectivity index (χ4v) is 6.00. The first-order chi connectivity index (χ1) is 16.3. The minimum absolute atomic E-state index is 0.0514. The van der Waals surface area contributed by atoms with Gasteiger partial charge in [-0.2, -0.15) is 0 Å². The van der Waals surface area contributed by atoms with E-state index in [0.717, 1.165) is 19.3 Å². The van der Waals surface area contributed by atoms with Gasteiger partial charge >= 0.3 is 11.9 Å². The number of rotatable bonds is 21. The van der Waals surface area contributed by atoms with Gasteiger partial charge in [-0.25, -0.2) is 0 Å². The Balaban J connectivity index is 2.73. The number of carboxylic acid groups (broad SMARTS) is 2. The molecular formula is C24H37NO7S2. The molecule has 0 saturated heterocycles. The van der Waals surface area contributed by atoms with E-state index in [1.54, 1.807) is 6.07 Å². The molecular weight excluding hydrogens is 478 g/mol. The third-order valence-electron chi connectivity index (χ3n) is 5.13. The highest BCUT2D eigenvalue weighted by molar-refractivity contribution is 8.16. The maximum Gasteiger partial charge on any atom is 0.304 e. The lowest BCUT2D eigenvalue weighted by Crippen LogP contribution is -2.05. The molecule has 1 rings (SSSR count). The second-order valence-corrected chi connectivity index (χ2v) is 10.7. The molecule has 0 heterocycles. The van der Waals surface area contributed by atoms with Gasteiger partial charge in [0, 0.05) is 29.2 Å². The van der Waals surface area contributed by atoms with Gasteiger partial charge in [-0.15, -0.1) is 23.5 Å². The molecule has 0 aliphatic heterocycles. The number of benzene rings is 1. The predicted octanol–water partition coefficient (Wildman–Crippen LogP) is 6.92. The number of nitro groups is 1. The Hall–Kier alpha value is -1.94. The molecule has 0 spiro atoms. The van der Waals surface area contributed by atoms with Crippen LogP contribution in [0.5, 0.6) is 5.75 Å². The van der Waals surface area contributed by atoms with Crippen molar-refractivity contribution in [3.05, 3.63) is 33.9 Å². The number of carboxylic acids is 2. The lowest BCUT2D eigenvalue weighted by molar-refractivity contribution is -0.384. The van der Waals surface area contributed by atoms with Gasteiger partial charge in [0.1, 0.15) is 5.75 Å². The largest absolute Gasteiger partial charge is 0.493 e. The number of unbranched alkanes of at least 4 members (excludes halogenated alkanes) is 8. The minimum Gasteiger partial charge on any atom is -0.493 e. The van der Waals surface area contributed by atoms with Crippen LogP contribution in [0.15, 0.2) is 18.2 Å². The van der Waals surface area contributed by atoms with Gasteiger partial charge in [-0.1, -0.05) is 58.3 Å². The molecule has 10 heteroatoms. The second-order valence-electron chi connectivity index (χ2n) is 8.02. The van der Waals surface area contributed by atoms with Crippen LogP contribution in [0.3, 0.4) is 0 Å². The van der Waals surface area contributed by atoms with Crippen molar-refractivity contribution < 1.29 is 29.5 Å². The number of nitro benzene ring substituents is 1. The molecule has 0 bridgehead atoms. The summed E-state index contributed by atoms with van der Waals surface area (Å²) < 4.78 is 5.62. The maximum atomic E-state index is 11.3. The van der Waals surface area contributed by atoms with Gasteiger partial charge in [0.15, 0.2) is 0 Å². The number of ether oxygens (including phenoxy) is 1. The van der Waals surface area contributed by atoms with E-state index in [-0.39, 0.29) is 23.1 Å². The van der Waals surface area contributed by atoms with Gasteiger partial charge in [-0.3, -0.25) is 19.7 Å². The fourth-order valence-electron chi connectivity index (χ4n) is 3.29. The van der Waals surface area contributed by atoms with Crippen molar-refractivity contribution in [2.24, 2.45) is 0 Å². The summed E-state index contributed by atoms with van der Waals surface area (Å²) in [6.07, 6.45) is 10.6. The van der Waals surface area contributed by atoms with E-state index in [1.165, 1.54) is 74.2 Å². The molecule has 8 nitrogen and oxygen atoms in total. The SMILES string of the molecule is CCCCCCCCCCCOc1ccc([N+](=O)[O-])cc1C(SCCC(=O)O)SCCC(=O)O. The number of hydrogen-bond acceptors (Lipinski definition) is 7. The van der Waals surface area contributed by atoms with Crippen molar-refractivity contribution in [2.45, 2.75) is 82.1 Å². The molecule has 1 aromatic carbocycles. The van der Waals surface area contributed by atoms with E-state index < -0.39 is 16.9 Å². The van der Waals surface area contributed by atoms with Gasteiger partial charge in [0.05, 0.1) is 29.0 Å². The Kier molecular flexibility index (Phi) is 16.3. The number of thioether (sulfide) groups is 2. The molecule has 1 aromatic rings. The van der Waals surface area contributed by atoms with Crippen molar-refractivity contribution in [2.75, 3.05) is 18.1 Å². The van der Waals surface area contributed by atoms with E-state index in [1.807, 2.05) is 0 Å². The van der Waals surface area contributed by atoms with E-state index in [4.69, 9.17) is 14.9 Å². The number of hydrogen-bond donors (Lipinski definition) is 2. The highest BCUT2D eigenvalue weighted by atomic mass is 32.2. The normalized spacial score (nSPS) is 11.0. The number of non-ortho nitro benzene ring substituents is 1. The summed E-state index contributed by atoms with van der Waals surface area (Å²) in [5, 5.41) is 29.3. The van der Waals surface area contributed by atoms with Crippen LogP contribution in [-0.4, -0.2) is 45.2 Å². The van der Waals surface area contributed by atoms with Crippen LogP contribution >= 0.6 is 23.5 Å². The molecule has 0 saturated carbocycles. The molecule has 0 fully saturated rings. The monoisotopic (exact) mass is 515 g/mol. The standard InChI is InChI=1S/C24H37NO7S2/c1-2-3-4-5-6-7-8-9-10-15-32-21-12-11-19(25(30)31)18-20(21)24(33-16-13-22(26)27)34-17-14-23(28)29/h11-12,18,24H,2-10,13-17H2,1H3,(H,26,27)(H,28,29). The van der Waals surface area contributed by atoms with Gasteiger partial charge in [0.2, 0.25) is 0 Å². The summed E-state index contributed by atoms with van der Waals surface area (Å²) in [6, 6.07) is 4.44. The summed E-state index contributed by atoms with van der Waals surface area (Å²) in [5.74, 6) is -0.716. The van der Waals surface area contributed by atoms with Crippen molar-refractivity contribution >= 4 is 41.1 Å². The highest BCUT2D eigenvalue weighted by Crippen LogP contribution is 2.45. The Morgan fingerprint density at radius 2 is 1.47 bits per heavy atom. The van der Waals surface area contributed by atoms with Crippen molar-refractivity contribution in [3.63, 3.8) is 0 Å². The fraction of sp³-hybridized carbons (Fsp3) is 0.667. The van der Waals surface area contributed by atoms with Crippen LogP contribution in [0.2, 0.25) is 0 Å². The van der Waals surface area contributed by atoms with Gasteiger partial charge in [-0.05, 0) is 12.5 Å². The number of nitrogens with zero attached hydrogens (tertiary/aromatic N) is 1. The molecule has 0 aromatic heterocycles. The summed E-state index contributed by atoms with van der Waals surface area (Å²) in [4.78, 5) is 32.7. The molecule has 0 unspecified atom stereocenters. The lowest BCUT2D eigenvalue weighted by atomic mass is 10.1. The second kappa shape index (κ2) is 18.4. The molecule has 0 amide bonds. The van der Waals surface area contributed by atoms with E-state index in [0.29, 0.717) is 29.4 Å². The smallest absolute Gasteiger partial charge is 0.304 e. The molecule has 0 aliphatic rings. The molecule has 192 valence electrons. The summed E-state index contributed by atoms with van der Waals surface area (Å²) in [6.45, 7) is 2.70. The first-order valence-electron chi connectivity index (χ1n) is 11.9. The van der Waals surface area contributed by atoms with E-state index in [2.05, 4.69) is 6.92 Å². The Morgan fingerprint density at radius 1 is 0.941 bits per heavy atom. The van der Waals surface area contributed by atoms with Gasteiger partial charge < -0.3 is 14.9 Å². The summed E-state index contributed by atoms with van der Waals surface area (Å²) in [5.41, 5.74) is 0.518. The average Bonchev–Trinajstić information content (AvgIpc) is 2.79. The zero-order valence-corrected chi connectivity index (χ0v) is 21.5. The van der Waals surface area contributed by atoms with Crippen LogP contribution in [0.25, 0.3) is 0 Å². The van der Waals surface area contributed by atoms with Crippen molar-refractivity contribution in [3.8, 4) is 5.75 Å². The van der Waals surface area contributed by atoms with Crippen LogP contribution in [0.1, 0.15) is 87.7 Å². The molecule has 34 heavy (non-hydrogen) atoms. The Bertz CT molecular complexity index is 741. The first kappa shape index (κ1) is 30.1. The van der Waals surface area contributed by atoms with Gasteiger partial charge in [0.25, 0.3) is 5.69 Å². The van der Waals surface area contributed by atoms with Crippen LogP contribution in [0.4, 0.5) is 5.69 Å². The first-order valence-corrected chi connectivity index (χ1v) is 14.0. The predicted molar refractivity (Wildman–Crippen MR) is 138 cm³/mol. The minimum atomic E-state index is -0.928. The van der Waals surface area contributed by atoms with Crippen molar-refractivity contribution in [1.82, 2.24) is 0 Å². The zero-order valence-electron chi connectivity index (χ0n) is 19.9. The Labute approximate surface area is 210 Å². The van der Waals surface area contributed by atoms with Crippen molar-refractivity contribution in [1.29, 1.82) is 0 Å². The number of carbonyl (C=O) groups is 2. The topological polar surface area (TPSA) is 127 Å². The zero-order chi connectivity index (χ0) is 25.2. The van der Waals surface area contributed by atoms with Crippen LogP contribution in [0, 0.1) is 10.1 Å². The maximum absolute atomic E-state index is 11.3. The van der Waals surface area contributed by atoms with E-state index >= 15 is 0 Å². The highest BCUT2D eigenvalue weighted by Gasteiger charge is 2.22. The molecule has 2 N–H and O–H groups in total. The summed E-state index contributed by atoms with van der Waals surface area (Å²) in [7, 11) is 0. The average molecular weight is 516 g/mol. The molecule has 0 aliphatic carbocycles. The Morgan fingerprint density at radius 3 is 1.97 bits per heavy atom. The third-order valence-corrected chi connectivity index (χ3v) is 7.94. The lowest BCUT2D eigenvalue weighted by Gasteiger charge is -2.20.